The molecule has 1 aliphatic heterocycles. The van der Waals surface area contributed by atoms with E-state index in [0.717, 1.165) is 5.56 Å². The van der Waals surface area contributed by atoms with E-state index in [1.165, 1.54) is 34.4 Å². The van der Waals surface area contributed by atoms with E-state index in [4.69, 9.17) is 0 Å². The van der Waals surface area contributed by atoms with Crippen LogP contribution in [0.1, 0.15) is 37.5 Å². The zero-order valence-electron chi connectivity index (χ0n) is 16.6. The number of thiazole rings is 1. The van der Waals surface area contributed by atoms with Gasteiger partial charge in [-0.15, -0.1) is 11.3 Å². The number of nitrogens with zero attached hydrogens (tertiary/aromatic N) is 2. The summed E-state index contributed by atoms with van der Waals surface area (Å²) in [4.78, 5) is 32.3. The summed E-state index contributed by atoms with van der Waals surface area (Å²) in [6.45, 7) is 5.37. The first-order chi connectivity index (χ1) is 14.3. The zero-order chi connectivity index (χ0) is 21.6. The van der Waals surface area contributed by atoms with Crippen LogP contribution in [0.25, 0.3) is 0 Å². The van der Waals surface area contributed by atoms with Crippen LogP contribution in [0.3, 0.4) is 0 Å². The fourth-order valence-electron chi connectivity index (χ4n) is 3.66. The largest absolute Gasteiger partial charge is 0.503 e. The van der Waals surface area contributed by atoms with Crippen molar-refractivity contribution < 1.29 is 19.1 Å². The number of Topliss-reactive ketones (excluding diaryl/α,β-unsaturated/α-hetero) is 1. The topological polar surface area (TPSA) is 70.5 Å². The Morgan fingerprint density at radius 2 is 1.77 bits per heavy atom. The summed E-state index contributed by atoms with van der Waals surface area (Å²) < 4.78 is 14.8. The minimum absolute atomic E-state index is 0.137. The predicted molar refractivity (Wildman–Crippen MR) is 113 cm³/mol. The van der Waals surface area contributed by atoms with E-state index in [1.54, 1.807) is 32.0 Å². The number of amides is 1. The van der Waals surface area contributed by atoms with E-state index in [2.05, 4.69) is 4.98 Å². The Kier molecular flexibility index (Phi) is 4.99. The van der Waals surface area contributed by atoms with Crippen molar-refractivity contribution in [2.45, 2.75) is 26.8 Å². The lowest BCUT2D eigenvalue weighted by atomic mass is 9.94. The highest BCUT2D eigenvalue weighted by Gasteiger charge is 2.46. The van der Waals surface area contributed by atoms with Crippen molar-refractivity contribution >= 4 is 28.7 Å². The van der Waals surface area contributed by atoms with Gasteiger partial charge in [0.2, 0.25) is 5.78 Å². The van der Waals surface area contributed by atoms with Gasteiger partial charge >= 0.3 is 0 Å². The second-order valence-corrected chi connectivity index (χ2v) is 8.38. The number of benzene rings is 2. The molecule has 0 spiro atoms. The molecule has 1 aromatic heterocycles. The predicted octanol–water partition coefficient (Wildman–Crippen LogP) is 4.99. The van der Waals surface area contributed by atoms with Crippen molar-refractivity contribution in [2.24, 2.45) is 0 Å². The number of hydrogen-bond acceptors (Lipinski definition) is 5. The molecule has 2 heterocycles. The van der Waals surface area contributed by atoms with Crippen LogP contribution in [0, 0.1) is 26.6 Å². The molecule has 5 nitrogen and oxygen atoms in total. The number of ketones is 1. The number of aromatic nitrogens is 1. The maximum absolute atomic E-state index is 14.8. The van der Waals surface area contributed by atoms with Gasteiger partial charge in [0.25, 0.3) is 5.91 Å². The van der Waals surface area contributed by atoms with Crippen molar-refractivity contribution in [1.29, 1.82) is 0 Å². The van der Waals surface area contributed by atoms with E-state index in [0.29, 0.717) is 21.3 Å². The molecule has 1 aliphatic rings. The van der Waals surface area contributed by atoms with E-state index in [-0.39, 0.29) is 11.1 Å². The number of anilines is 1. The molecule has 4 rings (SSSR count). The number of hydrogen-bond donors (Lipinski definition) is 1. The van der Waals surface area contributed by atoms with Crippen LogP contribution in [-0.2, 0) is 4.79 Å². The highest BCUT2D eigenvalue weighted by atomic mass is 32.1. The van der Waals surface area contributed by atoms with E-state index >= 15 is 0 Å². The molecule has 2 aromatic carbocycles. The van der Waals surface area contributed by atoms with Crippen LogP contribution in [0.15, 0.2) is 59.9 Å². The summed E-state index contributed by atoms with van der Waals surface area (Å²) in [5, 5.41) is 11.4. The molecular weight excluding hydrogens is 403 g/mol. The molecule has 0 radical (unpaired) electrons. The quantitative estimate of drug-likeness (QED) is 0.602. The molecular formula is C23H19FN2O3S. The number of aryl methyl sites for hydroxylation is 3. The third-order valence-corrected chi connectivity index (χ3v) is 6.15. The second-order valence-electron chi connectivity index (χ2n) is 7.17. The van der Waals surface area contributed by atoms with Crippen LogP contribution in [0.4, 0.5) is 10.1 Å². The maximum Gasteiger partial charge on any atom is 0.294 e. The summed E-state index contributed by atoms with van der Waals surface area (Å²) in [7, 11) is 0. The maximum atomic E-state index is 14.8. The molecule has 3 aromatic rings. The van der Waals surface area contributed by atoms with Crippen LogP contribution >= 0.6 is 11.3 Å². The van der Waals surface area contributed by atoms with Gasteiger partial charge in [0, 0.05) is 11.3 Å². The van der Waals surface area contributed by atoms with Gasteiger partial charge in [-0.3, -0.25) is 14.5 Å². The lowest BCUT2D eigenvalue weighted by Gasteiger charge is -2.27. The monoisotopic (exact) mass is 422 g/mol. The number of aliphatic hydroxyl groups excluding tert-OH is 1. The van der Waals surface area contributed by atoms with E-state index in [1.807, 2.05) is 19.1 Å². The first kappa shape index (κ1) is 20.0. The van der Waals surface area contributed by atoms with Crippen LogP contribution in [-0.4, -0.2) is 21.8 Å². The van der Waals surface area contributed by atoms with Gasteiger partial charge < -0.3 is 5.11 Å². The number of halogens is 1. The molecule has 0 aliphatic carbocycles. The summed E-state index contributed by atoms with van der Waals surface area (Å²) in [5.74, 6) is -2.50. The Morgan fingerprint density at radius 1 is 1.10 bits per heavy atom. The second kappa shape index (κ2) is 7.50. The van der Waals surface area contributed by atoms with Crippen LogP contribution in [0.2, 0.25) is 0 Å². The van der Waals surface area contributed by atoms with Crippen molar-refractivity contribution in [2.75, 3.05) is 4.90 Å². The lowest BCUT2D eigenvalue weighted by Crippen LogP contribution is -2.31. The van der Waals surface area contributed by atoms with Crippen molar-refractivity contribution in [3.63, 3.8) is 0 Å². The lowest BCUT2D eigenvalue weighted by molar-refractivity contribution is -0.117. The Morgan fingerprint density at radius 3 is 2.37 bits per heavy atom. The van der Waals surface area contributed by atoms with Gasteiger partial charge in [0.15, 0.2) is 5.76 Å². The first-order valence-electron chi connectivity index (χ1n) is 9.36. The molecule has 0 fully saturated rings. The summed E-state index contributed by atoms with van der Waals surface area (Å²) >= 11 is 1.18. The Balaban J connectivity index is 1.92. The fourth-order valence-corrected chi connectivity index (χ4v) is 4.54. The molecule has 1 amide bonds. The van der Waals surface area contributed by atoms with Gasteiger partial charge in [-0.1, -0.05) is 35.9 Å². The van der Waals surface area contributed by atoms with Crippen molar-refractivity contribution in [3.8, 4) is 0 Å². The standard InChI is InChI=1S/C23H19FN2O3S/c1-12-8-10-15(11-9-12)26-19(16-6-4-5-7-17(16)24)18(21(28)23(26)29)20(27)22-13(2)25-14(3)30-22/h4-11,19,28H,1-3H3. The molecule has 30 heavy (non-hydrogen) atoms. The molecule has 0 saturated carbocycles. The molecule has 7 heteroatoms. The highest BCUT2D eigenvalue weighted by Crippen LogP contribution is 2.43. The number of carbonyl (C=O) groups excluding carboxylic acids is 2. The average Bonchev–Trinajstić information content (AvgIpc) is 3.18. The molecule has 1 atom stereocenters. The van der Waals surface area contributed by atoms with Gasteiger partial charge in [-0.25, -0.2) is 9.37 Å². The smallest absolute Gasteiger partial charge is 0.294 e. The SMILES string of the molecule is Cc1ccc(N2C(=O)C(O)=C(C(=O)c3sc(C)nc3C)C2c2ccccc2F)cc1. The minimum Gasteiger partial charge on any atom is -0.503 e. The fraction of sp³-hybridized carbons (Fsp3) is 0.174. The van der Waals surface area contributed by atoms with Gasteiger partial charge in [-0.05, 0) is 39.0 Å². The molecule has 152 valence electrons. The molecule has 1 N–H and O–H groups in total. The zero-order valence-corrected chi connectivity index (χ0v) is 17.5. The molecule has 0 bridgehead atoms. The number of aliphatic hydroxyl groups is 1. The summed E-state index contributed by atoms with van der Waals surface area (Å²) in [6.07, 6.45) is 0. The highest BCUT2D eigenvalue weighted by molar-refractivity contribution is 7.14. The third-order valence-electron chi connectivity index (χ3n) is 5.07. The molecule has 1 unspecified atom stereocenters. The Bertz CT molecular complexity index is 1200. The number of carbonyl (C=O) groups is 2. The van der Waals surface area contributed by atoms with Crippen LogP contribution in [0.5, 0.6) is 0 Å². The van der Waals surface area contributed by atoms with Gasteiger partial charge in [0.05, 0.1) is 27.2 Å². The van der Waals surface area contributed by atoms with Gasteiger partial charge in [-0.2, -0.15) is 0 Å². The van der Waals surface area contributed by atoms with Crippen molar-refractivity contribution in [1.82, 2.24) is 4.98 Å². The van der Waals surface area contributed by atoms with E-state index in [9.17, 15) is 19.1 Å². The van der Waals surface area contributed by atoms with Crippen molar-refractivity contribution in [3.05, 3.63) is 92.4 Å². The Labute approximate surface area is 177 Å². The summed E-state index contributed by atoms with van der Waals surface area (Å²) in [5.41, 5.74) is 1.95. The third kappa shape index (κ3) is 3.21. The minimum atomic E-state index is -1.09. The Hall–Kier alpha value is -3.32. The first-order valence-corrected chi connectivity index (χ1v) is 10.2. The molecule has 0 saturated heterocycles. The van der Waals surface area contributed by atoms with E-state index < -0.39 is 29.3 Å². The van der Waals surface area contributed by atoms with Crippen LogP contribution < -0.4 is 4.90 Å². The number of rotatable bonds is 4. The van der Waals surface area contributed by atoms with Gasteiger partial charge in [0.1, 0.15) is 5.82 Å². The average molecular weight is 422 g/mol. The normalized spacial score (nSPS) is 16.5. The summed E-state index contributed by atoms with van der Waals surface area (Å²) in [6, 6.07) is 11.9.